The van der Waals surface area contributed by atoms with Gasteiger partial charge in [0.1, 0.15) is 5.69 Å². The summed E-state index contributed by atoms with van der Waals surface area (Å²) < 4.78 is 16.0. The first kappa shape index (κ1) is 11.7. The first-order valence-electron chi connectivity index (χ1n) is 4.51. The van der Waals surface area contributed by atoms with Crippen molar-refractivity contribution in [2.24, 2.45) is 0 Å². The van der Waals surface area contributed by atoms with E-state index in [1.54, 1.807) is 13.0 Å². The second kappa shape index (κ2) is 5.47. The molecule has 0 bridgehead atoms. The average Bonchev–Trinajstić information content (AvgIpc) is 2.69. The Morgan fingerprint density at radius 2 is 2.20 bits per heavy atom. The number of ether oxygens (including phenoxy) is 3. The number of aromatic nitrogens is 2. The molecule has 6 nitrogen and oxygen atoms in total. The molecular formula is C9H14N2O4. The second-order valence-electron chi connectivity index (χ2n) is 2.67. The molecule has 1 rings (SSSR count). The standard InChI is InChI=1S/C9H14N2O4/c1-4-15-9(12)11-7(5-6-10-11)8(13-2)14-3/h5-6,8H,4H2,1-3H3. The molecule has 0 aliphatic heterocycles. The van der Waals surface area contributed by atoms with Crippen LogP contribution in [0.5, 0.6) is 0 Å². The predicted molar refractivity (Wildman–Crippen MR) is 51.4 cm³/mol. The predicted octanol–water partition coefficient (Wildman–Crippen LogP) is 1.18. The zero-order chi connectivity index (χ0) is 11.3. The molecule has 0 fully saturated rings. The minimum atomic E-state index is -0.628. The molecule has 0 N–H and O–H groups in total. The molecule has 0 aliphatic rings. The van der Waals surface area contributed by atoms with Crippen molar-refractivity contribution >= 4 is 6.09 Å². The Bertz CT molecular complexity index is 320. The number of methoxy groups -OCH3 is 2. The van der Waals surface area contributed by atoms with Crippen LogP contribution in [0.3, 0.4) is 0 Å². The fraction of sp³-hybridized carbons (Fsp3) is 0.556. The lowest BCUT2D eigenvalue weighted by molar-refractivity contribution is -0.110. The van der Waals surface area contributed by atoms with Crippen LogP contribution in [0.25, 0.3) is 0 Å². The third-order valence-electron chi connectivity index (χ3n) is 1.78. The van der Waals surface area contributed by atoms with Gasteiger partial charge in [-0.3, -0.25) is 0 Å². The molecule has 0 saturated heterocycles. The van der Waals surface area contributed by atoms with Gasteiger partial charge in [-0.15, -0.1) is 0 Å². The maximum Gasteiger partial charge on any atom is 0.435 e. The summed E-state index contributed by atoms with van der Waals surface area (Å²) in [4.78, 5) is 11.4. The van der Waals surface area contributed by atoms with Crippen molar-refractivity contribution in [2.45, 2.75) is 13.2 Å². The first-order valence-corrected chi connectivity index (χ1v) is 4.51. The monoisotopic (exact) mass is 214 g/mol. The molecule has 0 aromatic carbocycles. The van der Waals surface area contributed by atoms with Crippen LogP contribution >= 0.6 is 0 Å². The van der Waals surface area contributed by atoms with E-state index >= 15 is 0 Å². The highest BCUT2D eigenvalue weighted by Crippen LogP contribution is 2.16. The van der Waals surface area contributed by atoms with Gasteiger partial charge >= 0.3 is 6.09 Å². The van der Waals surface area contributed by atoms with Gasteiger partial charge < -0.3 is 14.2 Å². The van der Waals surface area contributed by atoms with Crippen molar-refractivity contribution in [3.05, 3.63) is 18.0 Å². The van der Waals surface area contributed by atoms with Crippen molar-refractivity contribution in [3.63, 3.8) is 0 Å². The maximum atomic E-state index is 11.4. The van der Waals surface area contributed by atoms with Crippen LogP contribution in [0.15, 0.2) is 12.3 Å². The molecule has 15 heavy (non-hydrogen) atoms. The molecule has 1 aromatic rings. The van der Waals surface area contributed by atoms with Crippen molar-refractivity contribution in [1.29, 1.82) is 0 Å². The van der Waals surface area contributed by atoms with Gasteiger partial charge in [-0.05, 0) is 13.0 Å². The largest absolute Gasteiger partial charge is 0.448 e. The van der Waals surface area contributed by atoms with Crippen molar-refractivity contribution in [3.8, 4) is 0 Å². The van der Waals surface area contributed by atoms with E-state index < -0.39 is 12.4 Å². The molecule has 1 aromatic heterocycles. The lowest BCUT2D eigenvalue weighted by Gasteiger charge is -2.13. The van der Waals surface area contributed by atoms with Gasteiger partial charge in [0.2, 0.25) is 6.29 Å². The minimum Gasteiger partial charge on any atom is -0.448 e. The van der Waals surface area contributed by atoms with E-state index in [-0.39, 0.29) is 0 Å². The molecule has 6 heteroatoms. The third-order valence-corrected chi connectivity index (χ3v) is 1.78. The molecular weight excluding hydrogens is 200 g/mol. The van der Waals surface area contributed by atoms with Gasteiger partial charge in [0.15, 0.2) is 0 Å². The average molecular weight is 214 g/mol. The Kier molecular flexibility index (Phi) is 4.26. The van der Waals surface area contributed by atoms with Crippen LogP contribution in [-0.2, 0) is 14.2 Å². The second-order valence-corrected chi connectivity index (χ2v) is 2.67. The van der Waals surface area contributed by atoms with E-state index in [0.29, 0.717) is 12.3 Å². The van der Waals surface area contributed by atoms with Gasteiger partial charge in [-0.25, -0.2) is 4.79 Å². The van der Waals surface area contributed by atoms with Gasteiger partial charge in [-0.2, -0.15) is 9.78 Å². The highest BCUT2D eigenvalue weighted by molar-refractivity contribution is 5.70. The van der Waals surface area contributed by atoms with E-state index in [4.69, 9.17) is 14.2 Å². The molecule has 84 valence electrons. The molecule has 1 heterocycles. The van der Waals surface area contributed by atoms with Crippen LogP contribution in [0.2, 0.25) is 0 Å². The lowest BCUT2D eigenvalue weighted by Crippen LogP contribution is -2.20. The highest BCUT2D eigenvalue weighted by Gasteiger charge is 2.19. The summed E-state index contributed by atoms with van der Waals surface area (Å²) in [6.45, 7) is 2.02. The summed E-state index contributed by atoms with van der Waals surface area (Å²) in [6, 6.07) is 1.63. The summed E-state index contributed by atoms with van der Waals surface area (Å²) in [5, 5.41) is 3.83. The summed E-state index contributed by atoms with van der Waals surface area (Å²) in [5.74, 6) is 0. The van der Waals surface area contributed by atoms with Crippen molar-refractivity contribution < 1.29 is 19.0 Å². The quantitative estimate of drug-likeness (QED) is 0.704. The van der Waals surface area contributed by atoms with Crippen LogP contribution in [0.1, 0.15) is 18.9 Å². The Hall–Kier alpha value is -1.40. The van der Waals surface area contributed by atoms with E-state index in [0.717, 1.165) is 4.68 Å². The van der Waals surface area contributed by atoms with Crippen LogP contribution in [0, 0.1) is 0 Å². The van der Waals surface area contributed by atoms with E-state index in [1.165, 1.54) is 20.4 Å². The molecule has 0 radical (unpaired) electrons. The number of hydrogen-bond acceptors (Lipinski definition) is 5. The van der Waals surface area contributed by atoms with Crippen LogP contribution < -0.4 is 0 Å². The fourth-order valence-electron chi connectivity index (χ4n) is 1.17. The van der Waals surface area contributed by atoms with Gasteiger partial charge in [0.05, 0.1) is 12.8 Å². The molecule has 0 unspecified atom stereocenters. The SMILES string of the molecule is CCOC(=O)n1nccc1C(OC)OC. The normalized spacial score (nSPS) is 10.7. The van der Waals surface area contributed by atoms with E-state index in [2.05, 4.69) is 5.10 Å². The van der Waals surface area contributed by atoms with Crippen molar-refractivity contribution in [1.82, 2.24) is 9.78 Å². The van der Waals surface area contributed by atoms with Crippen LogP contribution in [0.4, 0.5) is 4.79 Å². The molecule has 0 spiro atoms. The van der Waals surface area contributed by atoms with Gasteiger partial charge in [-0.1, -0.05) is 0 Å². The highest BCUT2D eigenvalue weighted by atomic mass is 16.7. The van der Waals surface area contributed by atoms with Crippen LogP contribution in [-0.4, -0.2) is 36.7 Å². The number of hydrogen-bond donors (Lipinski definition) is 0. The summed E-state index contributed by atoms with van der Waals surface area (Å²) in [6.07, 6.45) is 0.311. The Morgan fingerprint density at radius 3 is 2.73 bits per heavy atom. The Balaban J connectivity index is 2.89. The Morgan fingerprint density at radius 1 is 1.53 bits per heavy atom. The molecule has 0 saturated carbocycles. The minimum absolute atomic E-state index is 0.294. The zero-order valence-corrected chi connectivity index (χ0v) is 8.97. The van der Waals surface area contributed by atoms with E-state index in [1.807, 2.05) is 0 Å². The summed E-state index contributed by atoms with van der Waals surface area (Å²) in [5.41, 5.74) is 0.499. The summed E-state index contributed by atoms with van der Waals surface area (Å²) >= 11 is 0. The smallest absolute Gasteiger partial charge is 0.435 e. The van der Waals surface area contributed by atoms with Gasteiger partial charge in [0.25, 0.3) is 0 Å². The molecule has 0 atom stereocenters. The van der Waals surface area contributed by atoms with E-state index in [9.17, 15) is 4.79 Å². The number of nitrogens with zero attached hydrogens (tertiary/aromatic N) is 2. The number of carbonyl (C=O) groups is 1. The number of rotatable bonds is 4. The van der Waals surface area contributed by atoms with Gasteiger partial charge in [0, 0.05) is 14.2 Å². The first-order chi connectivity index (χ1) is 7.24. The Labute approximate surface area is 87.7 Å². The third kappa shape index (κ3) is 2.54. The maximum absolute atomic E-state index is 11.4. The zero-order valence-electron chi connectivity index (χ0n) is 8.97. The molecule has 0 aliphatic carbocycles. The fourth-order valence-corrected chi connectivity index (χ4v) is 1.17. The lowest BCUT2D eigenvalue weighted by atomic mass is 10.4. The number of carbonyl (C=O) groups excluding carboxylic acids is 1. The topological polar surface area (TPSA) is 62.6 Å². The van der Waals surface area contributed by atoms with Crippen molar-refractivity contribution in [2.75, 3.05) is 20.8 Å². The molecule has 0 amide bonds. The summed E-state index contributed by atoms with van der Waals surface area (Å²) in [7, 11) is 2.97.